The molecule has 1 atom stereocenters. The molecule has 0 N–H and O–H groups in total. The Morgan fingerprint density at radius 1 is 0.931 bits per heavy atom. The topological polar surface area (TPSA) is 26.3 Å². The molecule has 174 valence electrons. The van der Waals surface area contributed by atoms with E-state index in [1.807, 2.05) is 6.92 Å². The fourth-order valence-corrected chi connectivity index (χ4v) is 3.48. The minimum Gasteiger partial charge on any atom is -0.465 e. The fraction of sp³-hybridized carbons (Fsp3) is 0.941. The molecule has 0 aromatic heterocycles. The van der Waals surface area contributed by atoms with Crippen LogP contribution in [-0.2, 0) is 9.53 Å². The lowest BCUT2D eigenvalue weighted by Gasteiger charge is -2.33. The van der Waals surface area contributed by atoms with Gasteiger partial charge in [0.2, 0.25) is 0 Å². The van der Waals surface area contributed by atoms with Crippen LogP contribution in [-0.4, -0.2) is 47.5 Å². The van der Waals surface area contributed by atoms with Gasteiger partial charge in [-0.3, -0.25) is 4.79 Å². The van der Waals surface area contributed by atoms with E-state index in [0.29, 0.717) is 12.8 Å². The molecule has 0 saturated carbocycles. The van der Waals surface area contributed by atoms with Gasteiger partial charge in [-0.15, -0.1) is 11.8 Å². The number of carbonyl (C=O) groups excluding carboxylic acids is 1. The molecular weight excluding hydrogens is 439 g/mol. The summed E-state index contributed by atoms with van der Waals surface area (Å²) in [5.74, 6) is -20.0. The van der Waals surface area contributed by atoms with E-state index in [1.54, 1.807) is 13.8 Å². The van der Waals surface area contributed by atoms with Gasteiger partial charge in [0.15, 0.2) is 0 Å². The SMILES string of the molecule is CCCCOC(=O)C(CC(C)C)SCCCC(F)(F)C(F)(F)C(F)(F)C(F)(F)F. The van der Waals surface area contributed by atoms with Gasteiger partial charge in [-0.2, -0.15) is 39.5 Å². The van der Waals surface area contributed by atoms with Crippen LogP contribution in [0.15, 0.2) is 0 Å². The highest BCUT2D eigenvalue weighted by molar-refractivity contribution is 8.00. The van der Waals surface area contributed by atoms with E-state index >= 15 is 0 Å². The summed E-state index contributed by atoms with van der Waals surface area (Å²) in [6.07, 6.45) is -7.83. The van der Waals surface area contributed by atoms with Crippen LogP contribution >= 0.6 is 11.8 Å². The van der Waals surface area contributed by atoms with Crippen molar-refractivity contribution in [3.8, 4) is 0 Å². The largest absolute Gasteiger partial charge is 0.465 e. The number of carbonyl (C=O) groups is 1. The van der Waals surface area contributed by atoms with Crippen molar-refractivity contribution in [3.05, 3.63) is 0 Å². The summed E-state index contributed by atoms with van der Waals surface area (Å²) >= 11 is 0.818. The Morgan fingerprint density at radius 3 is 1.93 bits per heavy atom. The van der Waals surface area contributed by atoms with Crippen LogP contribution in [0.1, 0.15) is 52.9 Å². The maximum atomic E-state index is 13.5. The maximum absolute atomic E-state index is 13.5. The molecule has 0 saturated heterocycles. The smallest absolute Gasteiger partial charge is 0.460 e. The zero-order valence-corrected chi connectivity index (χ0v) is 17.0. The first-order valence-corrected chi connectivity index (χ1v) is 10.0. The van der Waals surface area contributed by atoms with Gasteiger partial charge in [-0.25, -0.2) is 0 Å². The Kier molecular flexibility index (Phi) is 10.7. The van der Waals surface area contributed by atoms with E-state index < -0.39 is 48.0 Å². The van der Waals surface area contributed by atoms with Crippen molar-refractivity contribution < 1.29 is 49.0 Å². The van der Waals surface area contributed by atoms with Crippen molar-refractivity contribution in [1.29, 1.82) is 0 Å². The number of rotatable bonds is 13. The first-order valence-electron chi connectivity index (χ1n) is 8.99. The molecule has 0 amide bonds. The molecule has 0 radical (unpaired) electrons. The molecule has 0 spiro atoms. The van der Waals surface area contributed by atoms with Crippen LogP contribution in [0.25, 0.3) is 0 Å². The lowest BCUT2D eigenvalue weighted by molar-refractivity contribution is -0.396. The highest BCUT2D eigenvalue weighted by Crippen LogP contribution is 2.54. The predicted molar refractivity (Wildman–Crippen MR) is 91.7 cm³/mol. The van der Waals surface area contributed by atoms with Gasteiger partial charge in [-0.05, 0) is 30.9 Å². The summed E-state index contributed by atoms with van der Waals surface area (Å²) in [6.45, 7) is 5.58. The summed E-state index contributed by atoms with van der Waals surface area (Å²) < 4.78 is 120. The molecule has 0 aromatic carbocycles. The predicted octanol–water partition coefficient (Wildman–Crippen LogP) is 6.73. The van der Waals surface area contributed by atoms with Gasteiger partial charge in [0.25, 0.3) is 0 Å². The van der Waals surface area contributed by atoms with Crippen molar-refractivity contribution in [1.82, 2.24) is 0 Å². The van der Waals surface area contributed by atoms with Crippen LogP contribution < -0.4 is 0 Å². The summed E-state index contributed by atoms with van der Waals surface area (Å²) in [6, 6.07) is 0. The zero-order valence-electron chi connectivity index (χ0n) is 16.2. The van der Waals surface area contributed by atoms with E-state index in [1.165, 1.54) is 0 Å². The minimum atomic E-state index is -6.88. The lowest BCUT2D eigenvalue weighted by atomic mass is 10.00. The minimum absolute atomic E-state index is 0.0162. The molecule has 0 aromatic rings. The number of hydrogen-bond acceptors (Lipinski definition) is 3. The van der Waals surface area contributed by atoms with Crippen LogP contribution in [0.3, 0.4) is 0 Å². The third-order valence-corrected chi connectivity index (χ3v) is 5.17. The Morgan fingerprint density at radius 2 is 1.48 bits per heavy atom. The molecule has 0 rings (SSSR count). The normalized spacial score (nSPS) is 14.9. The molecule has 1 unspecified atom stereocenters. The molecule has 0 heterocycles. The van der Waals surface area contributed by atoms with Gasteiger partial charge in [0, 0.05) is 6.42 Å². The van der Waals surface area contributed by atoms with Gasteiger partial charge in [0.1, 0.15) is 5.25 Å². The average molecular weight is 464 g/mol. The second-order valence-electron chi connectivity index (χ2n) is 6.96. The molecule has 0 aliphatic carbocycles. The van der Waals surface area contributed by atoms with Crippen molar-refractivity contribution in [2.75, 3.05) is 12.4 Å². The molecule has 0 bridgehead atoms. The third kappa shape index (κ3) is 7.75. The standard InChI is InChI=1S/C17H25F9O2S/c1-4-5-8-28-13(27)12(10-11(2)3)29-9-6-7-14(18,19)15(20,21)16(22,23)17(24,25)26/h11-12H,4-10H2,1-3H3. The number of alkyl halides is 9. The van der Waals surface area contributed by atoms with E-state index in [4.69, 9.17) is 4.74 Å². The number of thioether (sulfide) groups is 1. The van der Waals surface area contributed by atoms with Crippen LogP contribution in [0.5, 0.6) is 0 Å². The van der Waals surface area contributed by atoms with Crippen molar-refractivity contribution in [2.45, 2.75) is 82.1 Å². The van der Waals surface area contributed by atoms with Crippen molar-refractivity contribution in [3.63, 3.8) is 0 Å². The highest BCUT2D eigenvalue weighted by Gasteiger charge is 2.81. The molecule has 29 heavy (non-hydrogen) atoms. The number of ether oxygens (including phenoxy) is 1. The Balaban J connectivity index is 4.89. The average Bonchev–Trinajstić information content (AvgIpc) is 2.55. The van der Waals surface area contributed by atoms with Crippen LogP contribution in [0.2, 0.25) is 0 Å². The molecule has 0 aliphatic heterocycles. The number of unbranched alkanes of at least 4 members (excludes halogenated alkanes) is 1. The summed E-state index contributed by atoms with van der Waals surface area (Å²) in [7, 11) is 0. The summed E-state index contributed by atoms with van der Waals surface area (Å²) in [5, 5.41) is -0.780. The fourth-order valence-electron chi connectivity index (χ4n) is 2.15. The van der Waals surface area contributed by atoms with Gasteiger partial charge in [0.05, 0.1) is 6.61 Å². The van der Waals surface area contributed by atoms with Gasteiger partial charge >= 0.3 is 29.9 Å². The van der Waals surface area contributed by atoms with Gasteiger partial charge < -0.3 is 4.74 Å². The zero-order chi connectivity index (χ0) is 23.1. The third-order valence-electron chi connectivity index (χ3n) is 3.85. The van der Waals surface area contributed by atoms with Crippen LogP contribution in [0.4, 0.5) is 39.5 Å². The van der Waals surface area contributed by atoms with Crippen molar-refractivity contribution >= 4 is 17.7 Å². The first-order chi connectivity index (χ1) is 13.0. The first kappa shape index (κ1) is 28.2. The molecular formula is C17H25F9O2S. The molecule has 0 aliphatic rings. The van der Waals surface area contributed by atoms with E-state index in [0.717, 1.165) is 18.2 Å². The summed E-state index contributed by atoms with van der Waals surface area (Å²) in [4.78, 5) is 12.0. The maximum Gasteiger partial charge on any atom is 0.460 e. The lowest BCUT2D eigenvalue weighted by Crippen LogP contribution is -2.60. The molecule has 12 heteroatoms. The molecule has 0 fully saturated rings. The van der Waals surface area contributed by atoms with Crippen LogP contribution in [0, 0.1) is 5.92 Å². The van der Waals surface area contributed by atoms with E-state index in [9.17, 15) is 44.3 Å². The Hall–Kier alpha value is -0.810. The summed E-state index contributed by atoms with van der Waals surface area (Å²) in [5.41, 5.74) is 0. The second kappa shape index (κ2) is 11.0. The highest BCUT2D eigenvalue weighted by atomic mass is 32.2. The number of hydrogen-bond donors (Lipinski definition) is 0. The second-order valence-corrected chi connectivity index (χ2v) is 8.28. The van der Waals surface area contributed by atoms with Crippen molar-refractivity contribution in [2.24, 2.45) is 5.92 Å². The van der Waals surface area contributed by atoms with E-state index in [2.05, 4.69) is 0 Å². The number of esters is 1. The Labute approximate surface area is 167 Å². The quantitative estimate of drug-likeness (QED) is 0.172. The Bertz CT molecular complexity index is 508. The number of halogens is 9. The molecule has 2 nitrogen and oxygen atoms in total. The van der Waals surface area contributed by atoms with Gasteiger partial charge in [-0.1, -0.05) is 27.2 Å². The van der Waals surface area contributed by atoms with E-state index in [-0.39, 0.29) is 18.3 Å². The monoisotopic (exact) mass is 464 g/mol.